The van der Waals surface area contributed by atoms with Gasteiger partial charge in [-0.05, 0) is 83.5 Å². The summed E-state index contributed by atoms with van der Waals surface area (Å²) in [5.74, 6) is -0.694. The highest BCUT2D eigenvalue weighted by Crippen LogP contribution is 2.49. The minimum atomic E-state index is -0.929. The van der Waals surface area contributed by atoms with E-state index in [4.69, 9.17) is 14.2 Å². The summed E-state index contributed by atoms with van der Waals surface area (Å²) in [6.45, 7) is 6.84. The largest absolute Gasteiger partial charge is 0.493 e. The maximum atomic E-state index is 14.2. The number of hydrogen-bond donors (Lipinski definition) is 2. The second kappa shape index (κ2) is 11.3. The van der Waals surface area contributed by atoms with Crippen molar-refractivity contribution in [3.63, 3.8) is 0 Å². The number of ether oxygens (including phenoxy) is 3. The smallest absolute Gasteiger partial charge is 0.309 e. The van der Waals surface area contributed by atoms with Crippen LogP contribution in [0.25, 0.3) is 0 Å². The number of anilines is 1. The zero-order valence-corrected chi connectivity index (χ0v) is 24.0. The van der Waals surface area contributed by atoms with Crippen molar-refractivity contribution in [2.45, 2.75) is 52.0 Å². The number of carboxylic acid groups (broad SMARTS) is 1. The number of nitrogens with one attached hydrogen (secondary N) is 1. The molecule has 0 spiro atoms. The van der Waals surface area contributed by atoms with Crippen LogP contribution in [0, 0.1) is 18.7 Å². The third-order valence-corrected chi connectivity index (χ3v) is 8.74. The van der Waals surface area contributed by atoms with E-state index in [1.807, 2.05) is 56.0 Å². The zero-order valence-electron chi connectivity index (χ0n) is 24.0. The van der Waals surface area contributed by atoms with Gasteiger partial charge in [-0.1, -0.05) is 26.0 Å². The van der Waals surface area contributed by atoms with Gasteiger partial charge in [-0.2, -0.15) is 0 Å². The van der Waals surface area contributed by atoms with Crippen molar-refractivity contribution in [1.82, 2.24) is 4.90 Å². The summed E-state index contributed by atoms with van der Waals surface area (Å²) in [6, 6.07) is 12.0. The number of aliphatic carboxylic acids is 1. The topological polar surface area (TPSA) is 97.3 Å². The van der Waals surface area contributed by atoms with Gasteiger partial charge in [-0.25, -0.2) is 4.39 Å². The average molecular weight is 575 g/mol. The zero-order chi connectivity index (χ0) is 29.5. The summed E-state index contributed by atoms with van der Waals surface area (Å²) in [4.78, 5) is 28.6. The van der Waals surface area contributed by atoms with Crippen molar-refractivity contribution in [3.05, 3.63) is 81.7 Å². The number of nitrogens with zero attached hydrogens (tertiary/aromatic N) is 1. The molecule has 1 amide bonds. The van der Waals surface area contributed by atoms with Crippen LogP contribution in [0.2, 0.25) is 0 Å². The van der Waals surface area contributed by atoms with E-state index >= 15 is 0 Å². The van der Waals surface area contributed by atoms with Gasteiger partial charge in [0.2, 0.25) is 12.7 Å². The van der Waals surface area contributed by atoms with Crippen LogP contribution < -0.4 is 19.5 Å². The molecule has 0 radical (unpaired) electrons. The summed E-state index contributed by atoms with van der Waals surface area (Å²) < 4.78 is 31.1. The fourth-order valence-corrected chi connectivity index (χ4v) is 6.76. The second-order valence-electron chi connectivity index (χ2n) is 11.2. The number of fused-ring (bicyclic) bond motifs is 2. The Kier molecular flexibility index (Phi) is 7.53. The third kappa shape index (κ3) is 5.06. The molecular formula is C33H35FN2O6. The first-order valence-corrected chi connectivity index (χ1v) is 14.5. The monoisotopic (exact) mass is 574 g/mol. The van der Waals surface area contributed by atoms with E-state index in [1.54, 1.807) is 0 Å². The van der Waals surface area contributed by atoms with Crippen molar-refractivity contribution >= 4 is 17.6 Å². The van der Waals surface area contributed by atoms with E-state index in [1.165, 1.54) is 12.1 Å². The van der Waals surface area contributed by atoms with Gasteiger partial charge in [0.15, 0.2) is 11.5 Å². The Bertz CT molecular complexity index is 1530. The maximum Gasteiger partial charge on any atom is 0.309 e. The fourth-order valence-electron chi connectivity index (χ4n) is 6.76. The van der Waals surface area contributed by atoms with Crippen molar-refractivity contribution in [1.29, 1.82) is 0 Å². The molecule has 9 heteroatoms. The van der Waals surface area contributed by atoms with Crippen molar-refractivity contribution in [2.75, 3.05) is 31.8 Å². The first kappa shape index (κ1) is 28.0. The number of halogens is 1. The number of carbonyl (C=O) groups is 2. The van der Waals surface area contributed by atoms with Gasteiger partial charge in [0.25, 0.3) is 0 Å². The lowest BCUT2D eigenvalue weighted by molar-refractivity contribution is -0.143. The lowest BCUT2D eigenvalue weighted by Crippen LogP contribution is -2.35. The van der Waals surface area contributed by atoms with Crippen LogP contribution >= 0.6 is 0 Å². The van der Waals surface area contributed by atoms with Gasteiger partial charge >= 0.3 is 5.97 Å². The van der Waals surface area contributed by atoms with Gasteiger partial charge in [0.05, 0.1) is 19.1 Å². The Morgan fingerprint density at radius 2 is 1.71 bits per heavy atom. The SMILES string of the molecule is CCc1cc(F)cc(CC)c1NC(=O)CN1C[C@H](c2cc3c(cc2C)OCO3)C(C(=O)O)[C@@H]1c1ccc2c(c1)CCO2. The number of likely N-dealkylation sites (tertiary alicyclic amines) is 1. The molecule has 42 heavy (non-hydrogen) atoms. The quantitative estimate of drug-likeness (QED) is 0.372. The van der Waals surface area contributed by atoms with E-state index in [9.17, 15) is 19.1 Å². The maximum absolute atomic E-state index is 14.2. The molecule has 3 heterocycles. The molecule has 1 saturated heterocycles. The molecule has 2 N–H and O–H groups in total. The normalized spacial score (nSPS) is 20.8. The Morgan fingerprint density at radius 3 is 2.40 bits per heavy atom. The minimum Gasteiger partial charge on any atom is -0.493 e. The second-order valence-corrected chi connectivity index (χ2v) is 11.2. The number of benzene rings is 3. The van der Waals surface area contributed by atoms with E-state index in [-0.39, 0.29) is 25.1 Å². The number of aryl methyl sites for hydroxylation is 3. The number of hydrogen-bond acceptors (Lipinski definition) is 6. The summed E-state index contributed by atoms with van der Waals surface area (Å²) in [5.41, 5.74) is 5.75. The summed E-state index contributed by atoms with van der Waals surface area (Å²) in [5, 5.41) is 13.7. The molecule has 8 nitrogen and oxygen atoms in total. The number of carbonyl (C=O) groups excluding carboxylic acids is 1. The molecule has 1 unspecified atom stereocenters. The van der Waals surface area contributed by atoms with Crippen molar-refractivity contribution in [3.8, 4) is 17.2 Å². The van der Waals surface area contributed by atoms with Crippen LogP contribution in [-0.2, 0) is 28.9 Å². The molecule has 6 rings (SSSR count). The lowest BCUT2D eigenvalue weighted by Gasteiger charge is -2.27. The van der Waals surface area contributed by atoms with Gasteiger partial charge in [0, 0.05) is 30.6 Å². The van der Waals surface area contributed by atoms with Crippen LogP contribution in [0.15, 0.2) is 42.5 Å². The van der Waals surface area contributed by atoms with Crippen LogP contribution in [0.5, 0.6) is 17.2 Å². The first-order chi connectivity index (χ1) is 20.3. The standard InChI is InChI=1S/C33H35FN2O6/c1-4-19-12-23(34)13-20(5-2)31(19)35-29(37)16-36-15-25(24-14-28-27(10-18(24)3)41-17-42-28)30(33(38)39)32(36)22-6-7-26-21(11-22)8-9-40-26/h6-7,10-14,25,30,32H,4-5,8-9,15-17H2,1-3H3,(H,35,37)(H,38,39)/t25-,30?,32+/m1/s1. The van der Waals surface area contributed by atoms with Gasteiger partial charge in [-0.15, -0.1) is 0 Å². The fraction of sp³-hybridized carbons (Fsp3) is 0.394. The molecule has 0 bridgehead atoms. The Hall–Kier alpha value is -4.11. The highest BCUT2D eigenvalue weighted by atomic mass is 19.1. The molecule has 0 saturated carbocycles. The van der Waals surface area contributed by atoms with Gasteiger partial charge in [0.1, 0.15) is 11.6 Å². The average Bonchev–Trinajstić information content (AvgIpc) is 3.70. The lowest BCUT2D eigenvalue weighted by atomic mass is 9.81. The van der Waals surface area contributed by atoms with Crippen LogP contribution in [-0.4, -0.2) is 48.4 Å². The highest BCUT2D eigenvalue weighted by molar-refractivity contribution is 5.94. The van der Waals surface area contributed by atoms with E-state index in [2.05, 4.69) is 5.32 Å². The predicted molar refractivity (Wildman–Crippen MR) is 155 cm³/mol. The first-order valence-electron chi connectivity index (χ1n) is 14.5. The predicted octanol–water partition coefficient (Wildman–Crippen LogP) is 5.40. The molecule has 220 valence electrons. The summed E-state index contributed by atoms with van der Waals surface area (Å²) >= 11 is 0. The van der Waals surface area contributed by atoms with Crippen LogP contribution in [0.4, 0.5) is 10.1 Å². The molecular weight excluding hydrogens is 539 g/mol. The van der Waals surface area contributed by atoms with Crippen molar-refractivity contribution in [2.24, 2.45) is 5.92 Å². The molecule has 3 aliphatic rings. The Balaban J connectivity index is 1.37. The van der Waals surface area contributed by atoms with Crippen LogP contribution in [0.1, 0.15) is 59.2 Å². The molecule has 0 aromatic heterocycles. The Morgan fingerprint density at radius 1 is 1.00 bits per heavy atom. The number of amides is 1. The number of carboxylic acids is 1. The summed E-state index contributed by atoms with van der Waals surface area (Å²) in [7, 11) is 0. The summed E-state index contributed by atoms with van der Waals surface area (Å²) in [6.07, 6.45) is 1.88. The molecule has 1 fully saturated rings. The van der Waals surface area contributed by atoms with Gasteiger partial charge in [-0.3, -0.25) is 14.5 Å². The number of rotatable bonds is 8. The minimum absolute atomic E-state index is 0.0220. The van der Waals surface area contributed by atoms with E-state index in [0.717, 1.165) is 45.6 Å². The highest BCUT2D eigenvalue weighted by Gasteiger charge is 2.48. The van der Waals surface area contributed by atoms with Crippen LogP contribution in [0.3, 0.4) is 0 Å². The molecule has 3 atom stereocenters. The van der Waals surface area contributed by atoms with E-state index < -0.39 is 23.8 Å². The van der Waals surface area contributed by atoms with E-state index in [0.29, 0.717) is 43.2 Å². The van der Waals surface area contributed by atoms with Gasteiger partial charge < -0.3 is 24.6 Å². The third-order valence-electron chi connectivity index (χ3n) is 8.74. The molecule has 3 aromatic rings. The molecule has 3 aromatic carbocycles. The Labute approximate surface area is 244 Å². The molecule has 3 aliphatic heterocycles. The van der Waals surface area contributed by atoms with Crippen molar-refractivity contribution < 1.29 is 33.3 Å². The molecule has 0 aliphatic carbocycles.